The number of halogens is 1. The Morgan fingerprint density at radius 1 is 0.970 bits per heavy atom. The van der Waals surface area contributed by atoms with Crippen LogP contribution in [0.25, 0.3) is 0 Å². The minimum Gasteiger partial charge on any atom is -0.495 e. The van der Waals surface area contributed by atoms with Gasteiger partial charge in [-0.1, -0.05) is 35.9 Å². The summed E-state index contributed by atoms with van der Waals surface area (Å²) in [5, 5.41) is 6.48. The van der Waals surface area contributed by atoms with E-state index >= 15 is 0 Å². The number of nitrogens with zero attached hydrogens (tertiary/aromatic N) is 1. The van der Waals surface area contributed by atoms with Crippen LogP contribution in [0, 0.1) is 0 Å². The van der Waals surface area contributed by atoms with Crippen LogP contribution in [-0.4, -0.2) is 36.4 Å². The highest BCUT2D eigenvalue weighted by atomic mass is 35.5. The SMILES string of the molecule is COc1ccccc1NC(=O)c1ccc(NC(=O)CN(Cc2ccc(Cl)cc2)C2CC2)cc1. The molecule has 0 saturated heterocycles. The van der Waals surface area contributed by atoms with Gasteiger partial charge in [0.2, 0.25) is 5.91 Å². The van der Waals surface area contributed by atoms with Crippen molar-refractivity contribution in [2.45, 2.75) is 25.4 Å². The average Bonchev–Trinajstić information content (AvgIpc) is 3.66. The molecule has 0 spiro atoms. The van der Waals surface area contributed by atoms with Crippen molar-refractivity contribution < 1.29 is 14.3 Å². The number of ether oxygens (including phenoxy) is 1. The molecule has 0 aromatic heterocycles. The van der Waals surface area contributed by atoms with Crippen molar-refractivity contribution in [2.24, 2.45) is 0 Å². The second-order valence-corrected chi connectivity index (χ2v) is 8.48. The standard InChI is InChI=1S/C26H26ClN3O3/c1-33-24-5-3-2-4-23(24)29-26(32)19-8-12-21(13-9-19)28-25(31)17-30(22-14-15-22)16-18-6-10-20(27)11-7-18/h2-13,22H,14-17H2,1H3,(H,28,31)(H,29,32). The van der Waals surface area contributed by atoms with Gasteiger partial charge in [0.25, 0.3) is 5.91 Å². The van der Waals surface area contributed by atoms with E-state index in [0.717, 1.165) is 18.4 Å². The molecule has 0 aliphatic heterocycles. The van der Waals surface area contributed by atoms with Crippen molar-refractivity contribution in [3.63, 3.8) is 0 Å². The van der Waals surface area contributed by atoms with E-state index < -0.39 is 0 Å². The summed E-state index contributed by atoms with van der Waals surface area (Å²) in [7, 11) is 1.56. The van der Waals surface area contributed by atoms with Crippen LogP contribution in [0.15, 0.2) is 72.8 Å². The first-order chi connectivity index (χ1) is 16.0. The molecule has 1 fully saturated rings. The Balaban J connectivity index is 1.33. The molecule has 0 radical (unpaired) electrons. The number of rotatable bonds is 9. The first kappa shape index (κ1) is 22.8. The summed E-state index contributed by atoms with van der Waals surface area (Å²) in [5.41, 5.74) is 2.87. The molecule has 1 aliphatic rings. The number of hydrogen-bond acceptors (Lipinski definition) is 4. The fourth-order valence-corrected chi connectivity index (χ4v) is 3.74. The van der Waals surface area contributed by atoms with Gasteiger partial charge in [0, 0.05) is 28.9 Å². The van der Waals surface area contributed by atoms with Crippen LogP contribution in [0.5, 0.6) is 5.75 Å². The fraction of sp³-hybridized carbons (Fsp3) is 0.231. The maximum Gasteiger partial charge on any atom is 0.255 e. The molecular formula is C26H26ClN3O3. The van der Waals surface area contributed by atoms with E-state index in [2.05, 4.69) is 15.5 Å². The van der Waals surface area contributed by atoms with Crippen molar-refractivity contribution in [3.05, 3.63) is 88.9 Å². The van der Waals surface area contributed by atoms with E-state index in [-0.39, 0.29) is 11.8 Å². The van der Waals surface area contributed by atoms with Crippen LogP contribution in [0.1, 0.15) is 28.8 Å². The quantitative estimate of drug-likeness (QED) is 0.457. The number of amides is 2. The topological polar surface area (TPSA) is 70.7 Å². The molecule has 33 heavy (non-hydrogen) atoms. The van der Waals surface area contributed by atoms with E-state index in [1.54, 1.807) is 43.5 Å². The van der Waals surface area contributed by atoms with Crippen molar-refractivity contribution in [2.75, 3.05) is 24.3 Å². The number of nitrogens with one attached hydrogen (secondary N) is 2. The normalized spacial score (nSPS) is 12.9. The minimum absolute atomic E-state index is 0.0814. The lowest BCUT2D eigenvalue weighted by Crippen LogP contribution is -2.34. The molecule has 6 nitrogen and oxygen atoms in total. The lowest BCUT2D eigenvalue weighted by molar-refractivity contribution is -0.117. The van der Waals surface area contributed by atoms with E-state index in [9.17, 15) is 9.59 Å². The van der Waals surface area contributed by atoms with Crippen LogP contribution in [0.2, 0.25) is 5.02 Å². The Morgan fingerprint density at radius 2 is 1.67 bits per heavy atom. The molecule has 3 aromatic rings. The predicted octanol–water partition coefficient (Wildman–Crippen LogP) is 5.20. The largest absolute Gasteiger partial charge is 0.495 e. The zero-order chi connectivity index (χ0) is 23.2. The number of hydrogen-bond donors (Lipinski definition) is 2. The third-order valence-corrected chi connectivity index (χ3v) is 5.75. The molecule has 1 aliphatic carbocycles. The number of benzene rings is 3. The number of para-hydroxylation sites is 2. The summed E-state index contributed by atoms with van der Waals surface area (Å²) >= 11 is 5.97. The van der Waals surface area contributed by atoms with Gasteiger partial charge in [-0.15, -0.1) is 0 Å². The third-order valence-electron chi connectivity index (χ3n) is 5.49. The second-order valence-electron chi connectivity index (χ2n) is 8.04. The molecule has 2 amide bonds. The van der Waals surface area contributed by atoms with Gasteiger partial charge in [0.1, 0.15) is 5.75 Å². The summed E-state index contributed by atoms with van der Waals surface area (Å²) in [5.74, 6) is 0.260. The molecule has 3 aromatic carbocycles. The van der Waals surface area contributed by atoms with Crippen molar-refractivity contribution in [1.29, 1.82) is 0 Å². The van der Waals surface area contributed by atoms with Gasteiger partial charge in [0.05, 0.1) is 19.3 Å². The molecule has 0 atom stereocenters. The van der Waals surface area contributed by atoms with Crippen LogP contribution >= 0.6 is 11.6 Å². The van der Waals surface area contributed by atoms with Gasteiger partial charge in [-0.3, -0.25) is 14.5 Å². The van der Waals surface area contributed by atoms with Crippen molar-refractivity contribution in [3.8, 4) is 5.75 Å². The van der Waals surface area contributed by atoms with Crippen LogP contribution in [-0.2, 0) is 11.3 Å². The molecule has 0 bridgehead atoms. The van der Waals surface area contributed by atoms with Crippen LogP contribution in [0.3, 0.4) is 0 Å². The molecule has 7 heteroatoms. The smallest absolute Gasteiger partial charge is 0.255 e. The number of carbonyl (C=O) groups is 2. The maximum absolute atomic E-state index is 12.7. The Hall–Kier alpha value is -3.35. The Morgan fingerprint density at radius 3 is 2.33 bits per heavy atom. The predicted molar refractivity (Wildman–Crippen MR) is 131 cm³/mol. The molecular weight excluding hydrogens is 438 g/mol. The lowest BCUT2D eigenvalue weighted by atomic mass is 10.2. The second kappa shape index (κ2) is 10.5. The first-order valence-electron chi connectivity index (χ1n) is 10.8. The van der Waals surface area contributed by atoms with E-state index in [0.29, 0.717) is 46.8 Å². The summed E-state index contributed by atoms with van der Waals surface area (Å²) in [6, 6.07) is 22.2. The monoisotopic (exact) mass is 463 g/mol. The Bertz CT molecular complexity index is 1110. The highest BCUT2D eigenvalue weighted by Crippen LogP contribution is 2.28. The number of carbonyl (C=O) groups excluding carboxylic acids is 2. The van der Waals surface area contributed by atoms with Crippen LogP contribution in [0.4, 0.5) is 11.4 Å². The molecule has 1 saturated carbocycles. The average molecular weight is 464 g/mol. The summed E-state index contributed by atoms with van der Waals surface area (Å²) < 4.78 is 5.27. The first-order valence-corrected chi connectivity index (χ1v) is 11.2. The molecule has 0 heterocycles. The molecule has 170 valence electrons. The summed E-state index contributed by atoms with van der Waals surface area (Å²) in [6.07, 6.45) is 2.22. The van der Waals surface area contributed by atoms with Gasteiger partial charge in [0.15, 0.2) is 0 Å². The van der Waals surface area contributed by atoms with Crippen molar-refractivity contribution >= 4 is 34.8 Å². The maximum atomic E-state index is 12.7. The summed E-state index contributed by atoms with van der Waals surface area (Å²) in [4.78, 5) is 27.4. The third kappa shape index (κ3) is 6.34. The van der Waals surface area contributed by atoms with Crippen LogP contribution < -0.4 is 15.4 Å². The van der Waals surface area contributed by atoms with E-state index in [4.69, 9.17) is 16.3 Å². The van der Waals surface area contributed by atoms with E-state index in [1.807, 2.05) is 36.4 Å². The highest BCUT2D eigenvalue weighted by molar-refractivity contribution is 6.30. The summed E-state index contributed by atoms with van der Waals surface area (Å²) in [6.45, 7) is 1.01. The van der Waals surface area contributed by atoms with E-state index in [1.165, 1.54) is 0 Å². The lowest BCUT2D eigenvalue weighted by Gasteiger charge is -2.21. The van der Waals surface area contributed by atoms with Gasteiger partial charge in [-0.2, -0.15) is 0 Å². The Labute approximate surface area is 198 Å². The molecule has 0 unspecified atom stereocenters. The number of anilines is 2. The molecule has 2 N–H and O–H groups in total. The highest BCUT2D eigenvalue weighted by Gasteiger charge is 2.30. The van der Waals surface area contributed by atoms with Crippen molar-refractivity contribution in [1.82, 2.24) is 4.90 Å². The minimum atomic E-state index is -0.250. The van der Waals surface area contributed by atoms with Gasteiger partial charge < -0.3 is 15.4 Å². The zero-order valence-corrected chi connectivity index (χ0v) is 19.1. The Kier molecular flexibility index (Phi) is 7.27. The van der Waals surface area contributed by atoms with Gasteiger partial charge >= 0.3 is 0 Å². The number of methoxy groups -OCH3 is 1. The molecule has 4 rings (SSSR count). The van der Waals surface area contributed by atoms with Gasteiger partial charge in [-0.25, -0.2) is 0 Å². The zero-order valence-electron chi connectivity index (χ0n) is 18.4. The van der Waals surface area contributed by atoms with Gasteiger partial charge in [-0.05, 0) is 66.9 Å². The fourth-order valence-electron chi connectivity index (χ4n) is 3.61.